The summed E-state index contributed by atoms with van der Waals surface area (Å²) >= 11 is 0. The lowest BCUT2D eigenvalue weighted by atomic mass is 9.94. The Bertz CT molecular complexity index is 344. The second-order valence-corrected chi connectivity index (χ2v) is 4.13. The maximum atomic E-state index is 11.4. The van der Waals surface area contributed by atoms with Crippen LogP contribution in [0.5, 0.6) is 0 Å². The van der Waals surface area contributed by atoms with Crippen LogP contribution in [0.3, 0.4) is 0 Å². The van der Waals surface area contributed by atoms with E-state index >= 15 is 0 Å². The number of nitrogens with zero attached hydrogens (tertiary/aromatic N) is 2. The summed E-state index contributed by atoms with van der Waals surface area (Å²) in [6.07, 6.45) is 3.57. The van der Waals surface area contributed by atoms with Gasteiger partial charge in [-0.05, 0) is 13.8 Å². The Kier molecular flexibility index (Phi) is 3.34. The number of methoxy groups -OCH3 is 1. The Morgan fingerprint density at radius 3 is 2.80 bits per heavy atom. The lowest BCUT2D eigenvalue weighted by molar-refractivity contribution is -0.149. The highest BCUT2D eigenvalue weighted by Crippen LogP contribution is 2.18. The highest BCUT2D eigenvalue weighted by Gasteiger charge is 2.28. The number of carbonyl (C=O) groups excluding carboxylic acids is 1. The van der Waals surface area contributed by atoms with Gasteiger partial charge in [0.05, 0.1) is 24.4 Å². The number of aromatic nitrogens is 2. The van der Waals surface area contributed by atoms with E-state index in [4.69, 9.17) is 4.74 Å². The Labute approximate surface area is 89.4 Å². The van der Waals surface area contributed by atoms with Gasteiger partial charge < -0.3 is 10.1 Å². The van der Waals surface area contributed by atoms with E-state index in [1.54, 1.807) is 10.9 Å². The molecule has 1 aromatic heterocycles. The zero-order valence-corrected chi connectivity index (χ0v) is 9.57. The molecule has 15 heavy (non-hydrogen) atoms. The van der Waals surface area contributed by atoms with E-state index in [9.17, 15) is 4.79 Å². The summed E-state index contributed by atoms with van der Waals surface area (Å²) in [7, 11) is 3.24. The summed E-state index contributed by atoms with van der Waals surface area (Å²) in [4.78, 5) is 11.4. The summed E-state index contributed by atoms with van der Waals surface area (Å²) < 4.78 is 6.41. The third-order valence-electron chi connectivity index (χ3n) is 2.18. The Morgan fingerprint density at radius 1 is 1.67 bits per heavy atom. The van der Waals surface area contributed by atoms with Gasteiger partial charge in [-0.25, -0.2) is 0 Å². The predicted molar refractivity (Wildman–Crippen MR) is 57.5 cm³/mol. The third kappa shape index (κ3) is 2.97. The maximum Gasteiger partial charge on any atom is 0.313 e. The molecule has 1 rings (SSSR count). The minimum absolute atomic E-state index is 0.223. The number of nitrogens with one attached hydrogen (secondary N) is 1. The number of ether oxygens (including phenoxy) is 1. The predicted octanol–water partition coefficient (Wildman–Crippen LogP) is 1.03. The summed E-state index contributed by atoms with van der Waals surface area (Å²) in [6, 6.07) is 0. The molecule has 1 N–H and O–H groups in total. The van der Waals surface area contributed by atoms with Crippen molar-refractivity contribution in [1.82, 2.24) is 9.78 Å². The molecule has 5 nitrogen and oxygen atoms in total. The molecule has 0 aliphatic heterocycles. The molecule has 0 aromatic carbocycles. The number of hydrogen-bond donors (Lipinski definition) is 1. The first-order valence-corrected chi connectivity index (χ1v) is 4.76. The van der Waals surface area contributed by atoms with Crippen molar-refractivity contribution < 1.29 is 9.53 Å². The van der Waals surface area contributed by atoms with Gasteiger partial charge in [-0.3, -0.25) is 9.48 Å². The maximum absolute atomic E-state index is 11.4. The van der Waals surface area contributed by atoms with Crippen molar-refractivity contribution in [3.8, 4) is 0 Å². The summed E-state index contributed by atoms with van der Waals surface area (Å²) in [5.41, 5.74) is 0.361. The second-order valence-electron chi connectivity index (χ2n) is 4.13. The quantitative estimate of drug-likeness (QED) is 0.756. The van der Waals surface area contributed by atoms with E-state index in [1.165, 1.54) is 7.11 Å². The van der Waals surface area contributed by atoms with Gasteiger partial charge in [0, 0.05) is 19.8 Å². The fourth-order valence-electron chi connectivity index (χ4n) is 1.18. The van der Waals surface area contributed by atoms with Crippen LogP contribution in [0.15, 0.2) is 12.4 Å². The fraction of sp³-hybridized carbons (Fsp3) is 0.600. The van der Waals surface area contributed by atoms with Crippen molar-refractivity contribution >= 4 is 11.7 Å². The lowest BCUT2D eigenvalue weighted by Crippen LogP contribution is -2.33. The van der Waals surface area contributed by atoms with Gasteiger partial charge in [-0.1, -0.05) is 0 Å². The monoisotopic (exact) mass is 211 g/mol. The van der Waals surface area contributed by atoms with Gasteiger partial charge in [0.15, 0.2) is 0 Å². The molecule has 1 heterocycles. The molecule has 0 saturated heterocycles. The minimum atomic E-state index is -0.537. The number of esters is 1. The molecule has 84 valence electrons. The van der Waals surface area contributed by atoms with Crippen LogP contribution < -0.4 is 5.32 Å². The summed E-state index contributed by atoms with van der Waals surface area (Å²) in [5.74, 6) is -0.223. The molecule has 0 atom stereocenters. The molecule has 5 heteroatoms. The summed E-state index contributed by atoms with van der Waals surface area (Å²) in [6.45, 7) is 4.19. The van der Waals surface area contributed by atoms with E-state index in [-0.39, 0.29) is 5.97 Å². The van der Waals surface area contributed by atoms with Crippen LogP contribution in [-0.4, -0.2) is 29.4 Å². The van der Waals surface area contributed by atoms with Gasteiger partial charge in [-0.15, -0.1) is 0 Å². The molecular formula is C10H17N3O2. The second kappa shape index (κ2) is 4.33. The minimum Gasteiger partial charge on any atom is -0.469 e. The molecule has 0 saturated carbocycles. The van der Waals surface area contributed by atoms with E-state index in [2.05, 4.69) is 10.4 Å². The van der Waals surface area contributed by atoms with E-state index < -0.39 is 5.41 Å². The molecular weight excluding hydrogens is 194 g/mol. The fourth-order valence-corrected chi connectivity index (χ4v) is 1.18. The van der Waals surface area contributed by atoms with Crippen LogP contribution in [0.1, 0.15) is 13.8 Å². The average Bonchev–Trinajstić information content (AvgIpc) is 2.60. The normalized spacial score (nSPS) is 11.2. The van der Waals surface area contributed by atoms with Crippen molar-refractivity contribution in [2.45, 2.75) is 13.8 Å². The van der Waals surface area contributed by atoms with Crippen LogP contribution in [-0.2, 0) is 16.6 Å². The molecule has 1 aromatic rings. The van der Waals surface area contributed by atoms with Crippen molar-refractivity contribution in [1.29, 1.82) is 0 Å². The molecule has 0 aliphatic carbocycles. The Hall–Kier alpha value is -1.52. The lowest BCUT2D eigenvalue weighted by Gasteiger charge is -2.21. The largest absolute Gasteiger partial charge is 0.469 e. The van der Waals surface area contributed by atoms with Gasteiger partial charge in [0.25, 0.3) is 0 Å². The molecule has 0 unspecified atom stereocenters. The van der Waals surface area contributed by atoms with Gasteiger partial charge in [-0.2, -0.15) is 5.10 Å². The molecule has 0 radical (unpaired) electrons. The first-order chi connectivity index (χ1) is 6.95. The van der Waals surface area contributed by atoms with Crippen molar-refractivity contribution in [2.75, 3.05) is 19.0 Å². The number of carbonyl (C=O) groups is 1. The molecule has 0 fully saturated rings. The van der Waals surface area contributed by atoms with Gasteiger partial charge >= 0.3 is 5.97 Å². The highest BCUT2D eigenvalue weighted by molar-refractivity contribution is 5.76. The van der Waals surface area contributed by atoms with Gasteiger partial charge in [0.1, 0.15) is 0 Å². The zero-order chi connectivity index (χ0) is 11.5. The van der Waals surface area contributed by atoms with Crippen molar-refractivity contribution in [2.24, 2.45) is 12.5 Å². The van der Waals surface area contributed by atoms with E-state index in [0.717, 1.165) is 5.69 Å². The Balaban J connectivity index is 2.53. The van der Waals surface area contributed by atoms with Crippen LogP contribution in [0.4, 0.5) is 5.69 Å². The van der Waals surface area contributed by atoms with Crippen molar-refractivity contribution in [3.05, 3.63) is 12.4 Å². The topological polar surface area (TPSA) is 56.1 Å². The average molecular weight is 211 g/mol. The number of rotatable bonds is 4. The number of aryl methyl sites for hydroxylation is 1. The van der Waals surface area contributed by atoms with Crippen LogP contribution in [0, 0.1) is 5.41 Å². The standard InChI is InChI=1S/C10H17N3O2/c1-10(2,9(14)15-4)7-11-8-5-12-13(3)6-8/h5-6,11H,7H2,1-4H3. The molecule has 0 aliphatic rings. The molecule has 0 bridgehead atoms. The highest BCUT2D eigenvalue weighted by atomic mass is 16.5. The van der Waals surface area contributed by atoms with Crippen molar-refractivity contribution in [3.63, 3.8) is 0 Å². The van der Waals surface area contributed by atoms with Crippen LogP contribution in [0.2, 0.25) is 0 Å². The van der Waals surface area contributed by atoms with E-state index in [0.29, 0.717) is 6.54 Å². The molecule has 0 spiro atoms. The smallest absolute Gasteiger partial charge is 0.313 e. The third-order valence-corrected chi connectivity index (χ3v) is 2.18. The van der Waals surface area contributed by atoms with Gasteiger partial charge in [0.2, 0.25) is 0 Å². The van der Waals surface area contributed by atoms with Crippen LogP contribution in [0.25, 0.3) is 0 Å². The zero-order valence-electron chi connectivity index (χ0n) is 9.57. The first kappa shape index (κ1) is 11.6. The number of anilines is 1. The van der Waals surface area contributed by atoms with Crippen LogP contribution >= 0.6 is 0 Å². The molecule has 0 amide bonds. The number of hydrogen-bond acceptors (Lipinski definition) is 4. The summed E-state index contributed by atoms with van der Waals surface area (Å²) in [5, 5.41) is 7.16. The van der Waals surface area contributed by atoms with E-state index in [1.807, 2.05) is 27.1 Å². The SMILES string of the molecule is COC(=O)C(C)(C)CNc1cnn(C)c1. The Morgan fingerprint density at radius 2 is 2.33 bits per heavy atom. The first-order valence-electron chi connectivity index (χ1n) is 4.76.